The molecule has 6 nitrogen and oxygen atoms in total. The highest BCUT2D eigenvalue weighted by Gasteiger charge is 2.12. The van der Waals surface area contributed by atoms with Gasteiger partial charge >= 0.3 is 0 Å². The van der Waals surface area contributed by atoms with Crippen molar-refractivity contribution in [2.75, 3.05) is 0 Å². The van der Waals surface area contributed by atoms with Crippen molar-refractivity contribution in [1.29, 1.82) is 0 Å². The number of rotatable bonds is 4. The summed E-state index contributed by atoms with van der Waals surface area (Å²) in [4.78, 5) is 11.8. The Labute approximate surface area is 119 Å². The molecule has 0 radical (unpaired) electrons. The predicted molar refractivity (Wildman–Crippen MR) is 73.8 cm³/mol. The maximum atomic E-state index is 11.8. The second kappa shape index (κ2) is 6.12. The second-order valence-electron chi connectivity index (χ2n) is 3.98. The van der Waals surface area contributed by atoms with E-state index in [1.165, 1.54) is 12.3 Å². The molecule has 1 aromatic carbocycles. The molecule has 7 heteroatoms. The highest BCUT2D eigenvalue weighted by atomic mass is 35.5. The minimum absolute atomic E-state index is 0.0102. The van der Waals surface area contributed by atoms with Crippen LogP contribution in [-0.2, 0) is 6.54 Å². The first-order valence-corrected chi connectivity index (χ1v) is 6.07. The number of amidine groups is 1. The van der Waals surface area contributed by atoms with Crippen molar-refractivity contribution in [2.45, 2.75) is 6.54 Å². The Kier molecular flexibility index (Phi) is 4.27. The number of halogens is 1. The second-order valence-corrected chi connectivity index (χ2v) is 4.32. The normalized spacial score (nSPS) is 11.3. The van der Waals surface area contributed by atoms with Crippen LogP contribution in [0.15, 0.2) is 46.2 Å². The van der Waals surface area contributed by atoms with Gasteiger partial charge in [0, 0.05) is 12.1 Å². The third-order valence-electron chi connectivity index (χ3n) is 2.65. The van der Waals surface area contributed by atoms with E-state index in [1.807, 2.05) is 6.07 Å². The van der Waals surface area contributed by atoms with Crippen molar-refractivity contribution in [3.63, 3.8) is 0 Å². The van der Waals surface area contributed by atoms with E-state index in [4.69, 9.17) is 27.0 Å². The predicted octanol–water partition coefficient (Wildman–Crippen LogP) is 1.96. The van der Waals surface area contributed by atoms with Crippen LogP contribution in [0.3, 0.4) is 0 Å². The van der Waals surface area contributed by atoms with E-state index in [0.717, 1.165) is 5.56 Å². The quantitative estimate of drug-likeness (QED) is 0.347. The van der Waals surface area contributed by atoms with Gasteiger partial charge in [0.1, 0.15) is 0 Å². The summed E-state index contributed by atoms with van der Waals surface area (Å²) in [5, 5.41) is 14.3. The first-order chi connectivity index (χ1) is 9.61. The van der Waals surface area contributed by atoms with Crippen molar-refractivity contribution >= 4 is 23.3 Å². The van der Waals surface area contributed by atoms with Crippen LogP contribution < -0.4 is 11.1 Å². The van der Waals surface area contributed by atoms with Gasteiger partial charge in [0.15, 0.2) is 5.84 Å². The Morgan fingerprint density at radius 1 is 1.45 bits per heavy atom. The zero-order valence-corrected chi connectivity index (χ0v) is 11.1. The lowest BCUT2D eigenvalue weighted by Gasteiger charge is -2.06. The molecule has 20 heavy (non-hydrogen) atoms. The molecule has 0 saturated heterocycles. The molecule has 0 aliphatic carbocycles. The van der Waals surface area contributed by atoms with E-state index in [1.54, 1.807) is 18.2 Å². The van der Waals surface area contributed by atoms with Gasteiger partial charge in [-0.05, 0) is 29.3 Å². The number of furan rings is 1. The molecule has 0 aliphatic rings. The number of nitrogens with zero attached hydrogens (tertiary/aromatic N) is 1. The zero-order chi connectivity index (χ0) is 14.5. The fraction of sp³-hybridized carbons (Fsp3) is 0.0769. The highest BCUT2D eigenvalue weighted by molar-refractivity contribution is 6.32. The van der Waals surface area contributed by atoms with E-state index in [9.17, 15) is 4.79 Å². The van der Waals surface area contributed by atoms with Crippen LogP contribution in [0.4, 0.5) is 0 Å². The molecule has 0 unspecified atom stereocenters. The number of carbonyl (C=O) groups excluding carboxylic acids is 1. The van der Waals surface area contributed by atoms with Gasteiger partial charge in [-0.2, -0.15) is 0 Å². The summed E-state index contributed by atoms with van der Waals surface area (Å²) in [6, 6.07) is 8.47. The van der Waals surface area contributed by atoms with Crippen molar-refractivity contribution in [2.24, 2.45) is 10.9 Å². The molecule has 2 aromatic rings. The summed E-state index contributed by atoms with van der Waals surface area (Å²) in [7, 11) is 0. The van der Waals surface area contributed by atoms with E-state index in [-0.39, 0.29) is 29.1 Å². The summed E-state index contributed by atoms with van der Waals surface area (Å²) in [6.45, 7) is 0.285. The summed E-state index contributed by atoms with van der Waals surface area (Å²) < 4.78 is 4.85. The van der Waals surface area contributed by atoms with Gasteiger partial charge in [0.05, 0.1) is 11.8 Å². The smallest absolute Gasteiger partial charge is 0.256 e. The van der Waals surface area contributed by atoms with Crippen molar-refractivity contribution in [1.82, 2.24) is 5.32 Å². The SMILES string of the molecule is N/C(=N/O)c1cccc(CNC(=O)c2ccoc2Cl)c1. The largest absolute Gasteiger partial charge is 0.452 e. The third-order valence-corrected chi connectivity index (χ3v) is 2.94. The minimum Gasteiger partial charge on any atom is -0.452 e. The number of nitrogens with one attached hydrogen (secondary N) is 1. The Morgan fingerprint density at radius 2 is 2.25 bits per heavy atom. The monoisotopic (exact) mass is 293 g/mol. The summed E-state index contributed by atoms with van der Waals surface area (Å²) >= 11 is 5.71. The molecule has 2 rings (SSSR count). The molecule has 0 aliphatic heterocycles. The number of benzene rings is 1. The van der Waals surface area contributed by atoms with Crippen LogP contribution in [0, 0.1) is 0 Å². The number of hydrogen-bond donors (Lipinski definition) is 3. The van der Waals surface area contributed by atoms with Gasteiger partial charge in [-0.1, -0.05) is 23.4 Å². The molecule has 4 N–H and O–H groups in total. The first kappa shape index (κ1) is 14.0. The maximum Gasteiger partial charge on any atom is 0.256 e. The third kappa shape index (κ3) is 3.10. The fourth-order valence-corrected chi connectivity index (χ4v) is 1.83. The summed E-state index contributed by atoms with van der Waals surface area (Å²) in [6.07, 6.45) is 1.34. The van der Waals surface area contributed by atoms with Gasteiger partial charge in [0.25, 0.3) is 5.91 Å². The van der Waals surface area contributed by atoms with Crippen LogP contribution >= 0.6 is 11.6 Å². The number of carbonyl (C=O) groups is 1. The van der Waals surface area contributed by atoms with E-state index in [0.29, 0.717) is 5.56 Å². The van der Waals surface area contributed by atoms with Crippen LogP contribution in [0.2, 0.25) is 5.22 Å². The van der Waals surface area contributed by atoms with Crippen LogP contribution in [-0.4, -0.2) is 17.0 Å². The lowest BCUT2D eigenvalue weighted by atomic mass is 10.1. The van der Waals surface area contributed by atoms with Gasteiger partial charge in [-0.15, -0.1) is 0 Å². The fourth-order valence-electron chi connectivity index (χ4n) is 1.63. The molecular weight excluding hydrogens is 282 g/mol. The van der Waals surface area contributed by atoms with Crippen LogP contribution in [0.1, 0.15) is 21.5 Å². The average Bonchev–Trinajstić information content (AvgIpc) is 2.90. The molecule has 0 atom stereocenters. The highest BCUT2D eigenvalue weighted by Crippen LogP contribution is 2.16. The number of nitrogens with two attached hydrogens (primary N) is 1. The van der Waals surface area contributed by atoms with Gasteiger partial charge in [0.2, 0.25) is 5.22 Å². The standard InChI is InChI=1S/C13H12ClN3O3/c14-11-10(4-5-20-11)13(18)16-7-8-2-1-3-9(6-8)12(15)17-19/h1-6,19H,7H2,(H2,15,17)(H,16,18). The minimum atomic E-state index is -0.335. The molecule has 1 heterocycles. The molecule has 0 bridgehead atoms. The maximum absolute atomic E-state index is 11.8. The lowest BCUT2D eigenvalue weighted by Crippen LogP contribution is -2.23. The molecule has 0 saturated carbocycles. The van der Waals surface area contributed by atoms with Gasteiger partial charge < -0.3 is 20.7 Å². The van der Waals surface area contributed by atoms with E-state index < -0.39 is 0 Å². The molecule has 104 valence electrons. The Morgan fingerprint density at radius 3 is 2.90 bits per heavy atom. The molecule has 1 aromatic heterocycles. The van der Waals surface area contributed by atoms with Crippen molar-refractivity contribution in [3.8, 4) is 0 Å². The number of hydrogen-bond acceptors (Lipinski definition) is 4. The van der Waals surface area contributed by atoms with Crippen LogP contribution in [0.25, 0.3) is 0 Å². The lowest BCUT2D eigenvalue weighted by molar-refractivity contribution is 0.0950. The summed E-state index contributed by atoms with van der Waals surface area (Å²) in [5.41, 5.74) is 7.15. The molecular formula is C13H12ClN3O3. The Hall–Kier alpha value is -2.47. The number of amides is 1. The number of oxime groups is 1. The van der Waals surface area contributed by atoms with E-state index >= 15 is 0 Å². The van der Waals surface area contributed by atoms with Gasteiger partial charge in [-0.25, -0.2) is 0 Å². The van der Waals surface area contributed by atoms with Crippen molar-refractivity contribution in [3.05, 3.63) is 58.5 Å². The average molecular weight is 294 g/mol. The molecule has 0 spiro atoms. The Balaban J connectivity index is 2.05. The topological polar surface area (TPSA) is 101 Å². The summed E-state index contributed by atoms with van der Waals surface area (Å²) in [5.74, 6) is -0.325. The van der Waals surface area contributed by atoms with Gasteiger partial charge in [-0.3, -0.25) is 4.79 Å². The van der Waals surface area contributed by atoms with Crippen molar-refractivity contribution < 1.29 is 14.4 Å². The molecule has 1 amide bonds. The zero-order valence-electron chi connectivity index (χ0n) is 10.3. The molecule has 0 fully saturated rings. The Bertz CT molecular complexity index is 652. The van der Waals surface area contributed by atoms with E-state index in [2.05, 4.69) is 10.5 Å². The first-order valence-electron chi connectivity index (χ1n) is 5.70. The van der Waals surface area contributed by atoms with Crippen LogP contribution in [0.5, 0.6) is 0 Å².